The van der Waals surface area contributed by atoms with E-state index in [1.807, 2.05) is 48.5 Å². The highest BCUT2D eigenvalue weighted by Crippen LogP contribution is 2.33. The first-order valence-corrected chi connectivity index (χ1v) is 13.0. The van der Waals surface area contributed by atoms with E-state index in [9.17, 15) is 18.8 Å². The maximum Gasteiger partial charge on any atom is 0.268 e. The van der Waals surface area contributed by atoms with E-state index < -0.39 is 30.8 Å². The number of rotatable bonds is 8. The number of carbonyl (C=O) groups excluding carboxylic acids is 1. The molecule has 2 aliphatic rings. The lowest BCUT2D eigenvalue weighted by atomic mass is 10.00. The van der Waals surface area contributed by atoms with Crippen molar-refractivity contribution in [2.24, 2.45) is 0 Å². The number of nitrogens with zero attached hydrogens (tertiary/aromatic N) is 4. The number of piperazine rings is 1. The van der Waals surface area contributed by atoms with Crippen LogP contribution in [0.5, 0.6) is 5.75 Å². The first kappa shape index (κ1) is 26.0. The molecule has 0 spiro atoms. The second kappa shape index (κ2) is 11.4. The first-order chi connectivity index (χ1) is 18.4. The van der Waals surface area contributed by atoms with E-state index in [1.54, 1.807) is 12.3 Å². The normalized spacial score (nSPS) is 19.4. The van der Waals surface area contributed by atoms with Gasteiger partial charge in [0.1, 0.15) is 11.8 Å². The minimum atomic E-state index is -3.03. The van der Waals surface area contributed by atoms with Gasteiger partial charge in [0.25, 0.3) is 5.92 Å². The topological polar surface area (TPSA) is 81.5 Å². The summed E-state index contributed by atoms with van der Waals surface area (Å²) in [5.74, 6) is -2.68. The van der Waals surface area contributed by atoms with Gasteiger partial charge >= 0.3 is 0 Å². The molecule has 7 nitrogen and oxygen atoms in total. The molecule has 198 valence electrons. The van der Waals surface area contributed by atoms with Crippen molar-refractivity contribution in [3.8, 4) is 22.9 Å². The molecule has 0 radical (unpaired) electrons. The Balaban J connectivity index is 1.22. The third-order valence-electron chi connectivity index (χ3n) is 7.20. The monoisotopic (exact) mass is 519 g/mol. The Bertz CT molecular complexity index is 1320. The number of fused-ring (bicyclic) bond motifs is 1. The average molecular weight is 520 g/mol. The average Bonchev–Trinajstić information content (AvgIpc) is 3.26. The molecule has 1 unspecified atom stereocenters. The molecule has 2 aromatic carbocycles. The van der Waals surface area contributed by atoms with Gasteiger partial charge in [0.15, 0.2) is 0 Å². The summed E-state index contributed by atoms with van der Waals surface area (Å²) in [7, 11) is 0. The summed E-state index contributed by atoms with van der Waals surface area (Å²) in [6, 6.07) is 16.2. The number of nitrogens with one attached hydrogen (secondary N) is 1. The zero-order valence-corrected chi connectivity index (χ0v) is 21.2. The van der Waals surface area contributed by atoms with Crippen molar-refractivity contribution in [1.82, 2.24) is 20.1 Å². The number of ether oxygens (including phenoxy) is 1. The predicted octanol–water partition coefficient (Wildman–Crippen LogP) is 3.88. The highest BCUT2D eigenvalue weighted by Gasteiger charge is 2.47. The quantitative estimate of drug-likeness (QED) is 0.455. The van der Waals surface area contributed by atoms with E-state index in [4.69, 9.17) is 4.74 Å². The van der Waals surface area contributed by atoms with E-state index in [2.05, 4.69) is 15.2 Å². The van der Waals surface area contributed by atoms with E-state index >= 15 is 0 Å². The molecule has 2 aliphatic heterocycles. The maximum atomic E-state index is 13.8. The fourth-order valence-corrected chi connectivity index (χ4v) is 5.16. The SMILES string of the molecule is N#CC1CC(F)(F)CN1C(=O)Cc1ccnc2cc(-c3ccc(OCCCN4CCNCC4)cc3)ccc12. The number of likely N-dealkylation sites (tertiary alicyclic amines) is 1. The molecule has 3 aromatic rings. The zero-order valence-electron chi connectivity index (χ0n) is 21.2. The van der Waals surface area contributed by atoms with Gasteiger partial charge in [-0.1, -0.05) is 24.3 Å². The molecule has 3 heterocycles. The molecule has 0 saturated carbocycles. The number of nitriles is 1. The largest absolute Gasteiger partial charge is 0.494 e. The number of benzene rings is 2. The summed E-state index contributed by atoms with van der Waals surface area (Å²) >= 11 is 0. The second-order valence-corrected chi connectivity index (χ2v) is 9.92. The van der Waals surface area contributed by atoms with Gasteiger partial charge in [0.05, 0.1) is 31.2 Å². The summed E-state index contributed by atoms with van der Waals surface area (Å²) in [6.45, 7) is 5.28. The van der Waals surface area contributed by atoms with Crippen molar-refractivity contribution in [1.29, 1.82) is 5.26 Å². The van der Waals surface area contributed by atoms with Crippen LogP contribution in [0.25, 0.3) is 22.0 Å². The van der Waals surface area contributed by atoms with Gasteiger partial charge in [-0.15, -0.1) is 0 Å². The van der Waals surface area contributed by atoms with Crippen LogP contribution in [0.3, 0.4) is 0 Å². The Morgan fingerprint density at radius 2 is 1.89 bits per heavy atom. The molecule has 1 N–H and O–H groups in total. The lowest BCUT2D eigenvalue weighted by Crippen LogP contribution is -2.43. The number of amides is 1. The van der Waals surface area contributed by atoms with Gasteiger partial charge in [-0.2, -0.15) is 5.26 Å². The summed E-state index contributed by atoms with van der Waals surface area (Å²) in [5.41, 5.74) is 3.40. The Labute approximate surface area is 221 Å². The lowest BCUT2D eigenvalue weighted by molar-refractivity contribution is -0.131. The van der Waals surface area contributed by atoms with Crippen LogP contribution in [-0.2, 0) is 11.2 Å². The minimum Gasteiger partial charge on any atom is -0.494 e. The Hall–Kier alpha value is -3.61. The summed E-state index contributed by atoms with van der Waals surface area (Å²) < 4.78 is 33.5. The van der Waals surface area contributed by atoms with Crippen molar-refractivity contribution in [2.45, 2.75) is 31.2 Å². The molecular formula is C29H31F2N5O2. The number of pyridine rings is 1. The minimum absolute atomic E-state index is 0.0622. The summed E-state index contributed by atoms with van der Waals surface area (Å²) in [5, 5.41) is 13.4. The molecule has 2 fully saturated rings. The zero-order chi connectivity index (χ0) is 26.5. The summed E-state index contributed by atoms with van der Waals surface area (Å²) in [4.78, 5) is 20.7. The fourth-order valence-electron chi connectivity index (χ4n) is 5.16. The smallest absolute Gasteiger partial charge is 0.268 e. The Morgan fingerprint density at radius 3 is 2.66 bits per heavy atom. The highest BCUT2D eigenvalue weighted by molar-refractivity contribution is 5.90. The Morgan fingerprint density at radius 1 is 1.13 bits per heavy atom. The highest BCUT2D eigenvalue weighted by atomic mass is 19.3. The fraction of sp³-hybridized carbons (Fsp3) is 0.414. The number of hydrogen-bond donors (Lipinski definition) is 1. The van der Waals surface area contributed by atoms with Gasteiger partial charge in [-0.25, -0.2) is 8.78 Å². The van der Waals surface area contributed by atoms with E-state index in [1.165, 1.54) is 0 Å². The van der Waals surface area contributed by atoms with Crippen LogP contribution in [-0.4, -0.2) is 78.5 Å². The van der Waals surface area contributed by atoms with Crippen LogP contribution < -0.4 is 10.1 Å². The van der Waals surface area contributed by atoms with Gasteiger partial charge in [0, 0.05) is 50.7 Å². The van der Waals surface area contributed by atoms with Crippen LogP contribution in [0.2, 0.25) is 0 Å². The molecule has 9 heteroatoms. The molecular weight excluding hydrogens is 488 g/mol. The van der Waals surface area contributed by atoms with Gasteiger partial charge in [-0.05, 0) is 47.4 Å². The van der Waals surface area contributed by atoms with Gasteiger partial charge in [-0.3, -0.25) is 9.78 Å². The van der Waals surface area contributed by atoms with Crippen LogP contribution in [0.15, 0.2) is 54.7 Å². The molecule has 1 amide bonds. The standard InChI is InChI=1S/C29H31F2N5O2/c30-29(31)18-24(19-32)36(20-29)28(37)17-23-8-9-34-27-16-22(4-7-26(23)27)21-2-5-25(6-3-21)38-15-1-12-35-13-10-33-11-14-35/h2-9,16,24,33H,1,10-15,17-18,20H2. The number of alkyl halides is 2. The molecule has 1 atom stereocenters. The molecule has 0 bridgehead atoms. The van der Waals surface area contributed by atoms with Crippen molar-refractivity contribution in [3.63, 3.8) is 0 Å². The van der Waals surface area contributed by atoms with Crippen molar-refractivity contribution < 1.29 is 18.3 Å². The van der Waals surface area contributed by atoms with E-state index in [0.29, 0.717) is 17.7 Å². The van der Waals surface area contributed by atoms with Crippen LogP contribution in [0, 0.1) is 11.3 Å². The predicted molar refractivity (Wildman–Crippen MR) is 141 cm³/mol. The van der Waals surface area contributed by atoms with Crippen molar-refractivity contribution >= 4 is 16.8 Å². The lowest BCUT2D eigenvalue weighted by Gasteiger charge is -2.26. The number of hydrogen-bond acceptors (Lipinski definition) is 6. The van der Waals surface area contributed by atoms with Crippen LogP contribution >= 0.6 is 0 Å². The van der Waals surface area contributed by atoms with Crippen LogP contribution in [0.4, 0.5) is 8.78 Å². The number of halogens is 2. The molecule has 2 saturated heterocycles. The Kier molecular flexibility index (Phi) is 7.82. The molecule has 0 aliphatic carbocycles. The maximum absolute atomic E-state index is 13.8. The van der Waals surface area contributed by atoms with Crippen molar-refractivity contribution in [2.75, 3.05) is 45.9 Å². The van der Waals surface area contributed by atoms with Crippen LogP contribution in [0.1, 0.15) is 18.4 Å². The number of carbonyl (C=O) groups is 1. The van der Waals surface area contributed by atoms with E-state index in [-0.39, 0.29) is 6.42 Å². The number of aromatic nitrogens is 1. The molecule has 38 heavy (non-hydrogen) atoms. The first-order valence-electron chi connectivity index (χ1n) is 13.0. The molecule has 1 aromatic heterocycles. The van der Waals surface area contributed by atoms with Gasteiger partial charge in [0.2, 0.25) is 5.91 Å². The van der Waals surface area contributed by atoms with Crippen molar-refractivity contribution in [3.05, 3.63) is 60.3 Å². The summed E-state index contributed by atoms with van der Waals surface area (Å²) in [6.07, 6.45) is 1.93. The third kappa shape index (κ3) is 6.09. The molecule has 5 rings (SSSR count). The van der Waals surface area contributed by atoms with E-state index in [0.717, 1.165) is 66.3 Å². The second-order valence-electron chi connectivity index (χ2n) is 9.92. The third-order valence-corrected chi connectivity index (χ3v) is 7.20. The van der Waals surface area contributed by atoms with Gasteiger partial charge < -0.3 is 19.9 Å².